The fourth-order valence-corrected chi connectivity index (χ4v) is 2.09. The molecular formula is C16H20F3N3O2. The summed E-state index contributed by atoms with van der Waals surface area (Å²) in [5.74, 6) is -0.443. The summed E-state index contributed by atoms with van der Waals surface area (Å²) >= 11 is 0. The molecule has 24 heavy (non-hydrogen) atoms. The average Bonchev–Trinajstić information content (AvgIpc) is 3.30. The van der Waals surface area contributed by atoms with Crippen LogP contribution in [0.2, 0.25) is 0 Å². The first-order valence-electron chi connectivity index (χ1n) is 7.71. The van der Waals surface area contributed by atoms with Gasteiger partial charge in [0.25, 0.3) is 5.91 Å². The molecule has 1 aliphatic carbocycles. The molecule has 1 aliphatic rings. The van der Waals surface area contributed by atoms with E-state index in [4.69, 9.17) is 0 Å². The van der Waals surface area contributed by atoms with Crippen molar-refractivity contribution >= 4 is 17.5 Å². The molecule has 0 heterocycles. The van der Waals surface area contributed by atoms with E-state index in [1.807, 2.05) is 0 Å². The van der Waals surface area contributed by atoms with Gasteiger partial charge in [0.1, 0.15) is 6.54 Å². The van der Waals surface area contributed by atoms with Crippen molar-refractivity contribution in [2.45, 2.75) is 25.9 Å². The van der Waals surface area contributed by atoms with E-state index < -0.39 is 18.6 Å². The lowest BCUT2D eigenvalue weighted by atomic mass is 10.1. The third kappa shape index (κ3) is 6.19. The first-order chi connectivity index (χ1) is 11.2. The van der Waals surface area contributed by atoms with Crippen LogP contribution in [-0.2, 0) is 4.79 Å². The monoisotopic (exact) mass is 343 g/mol. The quantitative estimate of drug-likeness (QED) is 0.711. The zero-order chi connectivity index (χ0) is 17.7. The number of anilines is 1. The van der Waals surface area contributed by atoms with Gasteiger partial charge in [-0.05, 0) is 49.9 Å². The van der Waals surface area contributed by atoms with Crippen LogP contribution in [0.4, 0.5) is 18.9 Å². The summed E-state index contributed by atoms with van der Waals surface area (Å²) in [6, 6.07) is 4.37. The maximum Gasteiger partial charge on any atom is 0.405 e. The van der Waals surface area contributed by atoms with Gasteiger partial charge >= 0.3 is 6.18 Å². The third-order valence-electron chi connectivity index (χ3n) is 3.64. The summed E-state index contributed by atoms with van der Waals surface area (Å²) in [7, 11) is 0. The molecule has 0 saturated heterocycles. The number of amides is 2. The number of halogens is 3. The van der Waals surface area contributed by atoms with Crippen LogP contribution in [0.5, 0.6) is 0 Å². The van der Waals surface area contributed by atoms with Crippen LogP contribution >= 0.6 is 0 Å². The number of alkyl halides is 3. The van der Waals surface area contributed by atoms with Crippen molar-refractivity contribution in [1.82, 2.24) is 10.6 Å². The van der Waals surface area contributed by atoms with Crippen LogP contribution in [0, 0.1) is 12.8 Å². The summed E-state index contributed by atoms with van der Waals surface area (Å²) < 4.78 is 36.4. The first kappa shape index (κ1) is 18.3. The Morgan fingerprint density at radius 3 is 2.58 bits per heavy atom. The lowest BCUT2D eigenvalue weighted by Crippen LogP contribution is -2.33. The molecule has 1 saturated carbocycles. The molecular weight excluding hydrogens is 323 g/mol. The summed E-state index contributed by atoms with van der Waals surface area (Å²) in [6.45, 7) is 1.30. The van der Waals surface area contributed by atoms with Crippen molar-refractivity contribution < 1.29 is 22.8 Å². The number of nitrogens with one attached hydrogen (secondary N) is 3. The number of hydrogen-bond donors (Lipinski definition) is 3. The maximum absolute atomic E-state index is 12.1. The second-order valence-electron chi connectivity index (χ2n) is 5.95. The average molecular weight is 343 g/mol. The van der Waals surface area contributed by atoms with Gasteiger partial charge in [-0.3, -0.25) is 9.59 Å². The van der Waals surface area contributed by atoms with Crippen molar-refractivity contribution in [3.63, 3.8) is 0 Å². The van der Waals surface area contributed by atoms with Gasteiger partial charge in [-0.1, -0.05) is 6.07 Å². The van der Waals surface area contributed by atoms with Gasteiger partial charge in [0.2, 0.25) is 5.91 Å². The van der Waals surface area contributed by atoms with Gasteiger partial charge in [0.15, 0.2) is 0 Å². The predicted octanol–water partition coefficient (Wildman–Crippen LogP) is 2.23. The predicted molar refractivity (Wildman–Crippen MR) is 83.8 cm³/mol. The standard InChI is InChI=1S/C16H20F3N3O2/c1-10-2-5-12(15(24)21-9-16(17,18)19)6-13(10)22-14(23)8-20-7-11-3-4-11/h2,5-6,11,20H,3-4,7-9H2,1H3,(H,21,24)(H,22,23). The lowest BCUT2D eigenvalue weighted by Gasteiger charge is -2.12. The summed E-state index contributed by atoms with van der Waals surface area (Å²) in [4.78, 5) is 23.6. The van der Waals surface area contributed by atoms with Gasteiger partial charge in [-0.2, -0.15) is 13.2 Å². The smallest absolute Gasteiger partial charge is 0.343 e. The SMILES string of the molecule is Cc1ccc(C(=O)NCC(F)(F)F)cc1NC(=O)CNCC1CC1. The van der Waals surface area contributed by atoms with Gasteiger partial charge in [-0.25, -0.2) is 0 Å². The molecule has 0 unspecified atom stereocenters. The topological polar surface area (TPSA) is 70.2 Å². The molecule has 0 bridgehead atoms. The molecule has 3 N–H and O–H groups in total. The Bertz CT molecular complexity index is 613. The molecule has 1 fully saturated rings. The first-order valence-corrected chi connectivity index (χ1v) is 7.71. The normalized spacial score (nSPS) is 14.3. The second kappa shape index (κ2) is 7.65. The van der Waals surface area contributed by atoms with Gasteiger partial charge in [0.05, 0.1) is 6.54 Å². The molecule has 5 nitrogen and oxygen atoms in total. The van der Waals surface area contributed by atoms with Crippen LogP contribution in [-0.4, -0.2) is 37.6 Å². The fourth-order valence-electron chi connectivity index (χ4n) is 2.09. The zero-order valence-electron chi connectivity index (χ0n) is 13.3. The lowest BCUT2D eigenvalue weighted by molar-refractivity contribution is -0.123. The molecule has 0 aliphatic heterocycles. The zero-order valence-corrected chi connectivity index (χ0v) is 13.3. The summed E-state index contributed by atoms with van der Waals surface area (Å²) in [5, 5.41) is 7.52. The molecule has 1 aromatic rings. The van der Waals surface area contributed by atoms with Crippen molar-refractivity contribution in [1.29, 1.82) is 0 Å². The number of carbonyl (C=O) groups is 2. The van der Waals surface area contributed by atoms with E-state index in [1.54, 1.807) is 18.3 Å². The van der Waals surface area contributed by atoms with Crippen LogP contribution in [0.15, 0.2) is 18.2 Å². The van der Waals surface area contributed by atoms with Gasteiger partial charge in [-0.15, -0.1) is 0 Å². The van der Waals surface area contributed by atoms with E-state index in [1.165, 1.54) is 25.0 Å². The number of benzene rings is 1. The number of carbonyl (C=O) groups excluding carboxylic acids is 2. The molecule has 2 amide bonds. The van der Waals surface area contributed by atoms with Crippen molar-refractivity contribution in [3.05, 3.63) is 29.3 Å². The van der Waals surface area contributed by atoms with E-state index in [9.17, 15) is 22.8 Å². The Morgan fingerprint density at radius 2 is 1.96 bits per heavy atom. The Balaban J connectivity index is 1.91. The molecule has 1 aromatic carbocycles. The highest BCUT2D eigenvalue weighted by atomic mass is 19.4. The largest absolute Gasteiger partial charge is 0.405 e. The Morgan fingerprint density at radius 1 is 1.25 bits per heavy atom. The number of hydrogen-bond acceptors (Lipinski definition) is 3. The highest BCUT2D eigenvalue weighted by Gasteiger charge is 2.28. The van der Waals surface area contributed by atoms with Crippen molar-refractivity contribution in [2.24, 2.45) is 5.92 Å². The molecule has 0 aromatic heterocycles. The maximum atomic E-state index is 12.1. The van der Waals surface area contributed by atoms with E-state index in [0.29, 0.717) is 11.6 Å². The Kier molecular flexibility index (Phi) is 5.82. The van der Waals surface area contributed by atoms with Crippen LogP contribution in [0.25, 0.3) is 0 Å². The van der Waals surface area contributed by atoms with Gasteiger partial charge in [0, 0.05) is 11.3 Å². The minimum Gasteiger partial charge on any atom is -0.343 e. The van der Waals surface area contributed by atoms with E-state index >= 15 is 0 Å². The minimum absolute atomic E-state index is 0.0612. The summed E-state index contributed by atoms with van der Waals surface area (Å²) in [5.41, 5.74) is 1.19. The minimum atomic E-state index is -4.47. The highest BCUT2D eigenvalue weighted by molar-refractivity contribution is 5.98. The molecule has 8 heteroatoms. The van der Waals surface area contributed by atoms with E-state index in [-0.39, 0.29) is 18.0 Å². The van der Waals surface area contributed by atoms with Crippen molar-refractivity contribution in [2.75, 3.05) is 25.0 Å². The van der Waals surface area contributed by atoms with E-state index in [0.717, 1.165) is 12.1 Å². The Hall–Kier alpha value is -2.09. The molecule has 0 atom stereocenters. The third-order valence-corrected chi connectivity index (χ3v) is 3.64. The molecule has 132 valence electrons. The van der Waals surface area contributed by atoms with Crippen molar-refractivity contribution in [3.8, 4) is 0 Å². The molecule has 0 spiro atoms. The van der Waals surface area contributed by atoms with Crippen LogP contribution in [0.3, 0.4) is 0 Å². The second-order valence-corrected chi connectivity index (χ2v) is 5.95. The van der Waals surface area contributed by atoms with Crippen LogP contribution in [0.1, 0.15) is 28.8 Å². The summed E-state index contributed by atoms with van der Waals surface area (Å²) in [6.07, 6.45) is -2.10. The van der Waals surface area contributed by atoms with E-state index in [2.05, 4.69) is 10.6 Å². The fraction of sp³-hybridized carbons (Fsp3) is 0.500. The van der Waals surface area contributed by atoms with Gasteiger partial charge < -0.3 is 16.0 Å². The molecule has 2 rings (SSSR count). The number of aryl methyl sites for hydroxylation is 1. The highest BCUT2D eigenvalue weighted by Crippen LogP contribution is 2.27. The number of rotatable bonds is 7. The Labute approximate surface area is 138 Å². The van der Waals surface area contributed by atoms with Crippen LogP contribution < -0.4 is 16.0 Å². The molecule has 0 radical (unpaired) electrons.